The number of hydrogen-bond acceptors (Lipinski definition) is 2. The van der Waals surface area contributed by atoms with Crippen molar-refractivity contribution in [1.82, 2.24) is 4.90 Å². The van der Waals surface area contributed by atoms with Gasteiger partial charge in [0.15, 0.2) is 0 Å². The summed E-state index contributed by atoms with van der Waals surface area (Å²) in [7, 11) is 0. The Hall–Kier alpha value is -1.88. The van der Waals surface area contributed by atoms with Crippen LogP contribution >= 0.6 is 11.8 Å². The molecular weight excluding hydrogens is 364 g/mol. The van der Waals surface area contributed by atoms with Gasteiger partial charge in [-0.3, -0.25) is 4.79 Å². The van der Waals surface area contributed by atoms with Gasteiger partial charge in [0.1, 0.15) is 11.6 Å². The molecule has 1 amide bonds. The molecule has 1 saturated heterocycles. The van der Waals surface area contributed by atoms with Crippen LogP contribution in [0.25, 0.3) is 11.1 Å². The predicted octanol–water partition coefficient (Wildman–Crippen LogP) is 6.01. The number of hydrogen-bond donors (Lipinski definition) is 0. The van der Waals surface area contributed by atoms with E-state index in [0.29, 0.717) is 11.5 Å². The second-order valence-corrected chi connectivity index (χ2v) is 7.54. The lowest BCUT2D eigenvalue weighted by atomic mass is 9.99. The van der Waals surface area contributed by atoms with Gasteiger partial charge in [0.05, 0.1) is 0 Å². The van der Waals surface area contributed by atoms with E-state index >= 15 is 0 Å². The topological polar surface area (TPSA) is 20.3 Å². The van der Waals surface area contributed by atoms with Crippen LogP contribution in [0.1, 0.15) is 33.6 Å². The Bertz CT molecular complexity index is 720. The third-order valence-electron chi connectivity index (χ3n) is 4.60. The molecular formula is C22H27F2NOS. The maximum Gasteiger partial charge on any atom is 0.219 e. The Kier molecular flexibility index (Phi) is 8.29. The van der Waals surface area contributed by atoms with Crippen molar-refractivity contribution >= 4 is 17.7 Å². The average Bonchev–Trinajstić information content (AvgIpc) is 2.68. The number of benzene rings is 2. The molecule has 0 unspecified atom stereocenters. The summed E-state index contributed by atoms with van der Waals surface area (Å²) in [6.07, 6.45) is 2.10. The molecule has 0 bridgehead atoms. The molecule has 2 aromatic carbocycles. The fourth-order valence-electron chi connectivity index (χ4n) is 3.09. The number of thioether (sulfide) groups is 1. The fraction of sp³-hybridized carbons (Fsp3) is 0.409. The maximum atomic E-state index is 13.3. The molecule has 1 fully saturated rings. The van der Waals surface area contributed by atoms with Crippen molar-refractivity contribution in [2.75, 3.05) is 18.8 Å². The van der Waals surface area contributed by atoms with Gasteiger partial charge < -0.3 is 4.90 Å². The van der Waals surface area contributed by atoms with Crippen molar-refractivity contribution in [1.29, 1.82) is 0 Å². The van der Waals surface area contributed by atoms with Crippen molar-refractivity contribution in [3.63, 3.8) is 0 Å². The van der Waals surface area contributed by atoms with E-state index in [1.165, 1.54) is 12.1 Å². The molecule has 27 heavy (non-hydrogen) atoms. The van der Waals surface area contributed by atoms with Gasteiger partial charge >= 0.3 is 0 Å². The summed E-state index contributed by atoms with van der Waals surface area (Å²) < 4.78 is 26.7. The van der Waals surface area contributed by atoms with E-state index in [-0.39, 0.29) is 5.91 Å². The second kappa shape index (κ2) is 10.5. The van der Waals surface area contributed by atoms with E-state index in [1.807, 2.05) is 43.0 Å². The molecule has 0 atom stereocenters. The number of likely N-dealkylation sites (tertiary alicyclic amines) is 1. The molecule has 0 N–H and O–H groups in total. The van der Waals surface area contributed by atoms with Crippen molar-refractivity contribution in [2.24, 2.45) is 5.92 Å². The Balaban J connectivity index is 0.00000126. The van der Waals surface area contributed by atoms with Gasteiger partial charge in [-0.2, -0.15) is 0 Å². The molecule has 1 aliphatic heterocycles. The van der Waals surface area contributed by atoms with Crippen LogP contribution in [0.2, 0.25) is 0 Å². The monoisotopic (exact) mass is 391 g/mol. The Morgan fingerprint density at radius 1 is 1.00 bits per heavy atom. The van der Waals surface area contributed by atoms with Crippen molar-refractivity contribution < 1.29 is 13.6 Å². The molecule has 3 rings (SSSR count). The molecule has 0 radical (unpaired) electrons. The first-order valence-corrected chi connectivity index (χ1v) is 10.4. The number of halogens is 2. The van der Waals surface area contributed by atoms with Gasteiger partial charge in [0.2, 0.25) is 5.91 Å². The summed E-state index contributed by atoms with van der Waals surface area (Å²) in [5.41, 5.74) is 1.35. The highest BCUT2D eigenvalue weighted by Gasteiger charge is 2.20. The minimum atomic E-state index is -0.564. The molecule has 2 aromatic rings. The Labute approximate surface area is 165 Å². The van der Waals surface area contributed by atoms with Crippen LogP contribution in [0.5, 0.6) is 0 Å². The van der Waals surface area contributed by atoms with Crippen molar-refractivity contribution in [3.8, 4) is 11.1 Å². The standard InChI is InChI=1S/C20H21F2NOS.C2H6/c1-14(24)23-8-6-15(7-9-23)13-25-20-4-2-16(3-5-20)17-10-18(21)12-19(22)11-17;1-2/h2-5,10-12,15H,6-9,13H2,1H3;1-2H3. The molecule has 0 aliphatic carbocycles. The maximum absolute atomic E-state index is 13.3. The van der Waals surface area contributed by atoms with Gasteiger partial charge in [0, 0.05) is 36.7 Å². The van der Waals surface area contributed by atoms with Crippen LogP contribution in [-0.4, -0.2) is 29.6 Å². The summed E-state index contributed by atoms with van der Waals surface area (Å²) in [6.45, 7) is 7.33. The minimum Gasteiger partial charge on any atom is -0.343 e. The Morgan fingerprint density at radius 3 is 2.07 bits per heavy atom. The molecule has 0 aromatic heterocycles. The van der Waals surface area contributed by atoms with E-state index in [2.05, 4.69) is 0 Å². The number of piperidine rings is 1. The third-order valence-corrected chi connectivity index (χ3v) is 5.84. The third kappa shape index (κ3) is 6.35. The summed E-state index contributed by atoms with van der Waals surface area (Å²) >= 11 is 1.80. The highest BCUT2D eigenvalue weighted by atomic mass is 32.2. The summed E-state index contributed by atoms with van der Waals surface area (Å²) in [4.78, 5) is 14.4. The highest BCUT2D eigenvalue weighted by molar-refractivity contribution is 7.99. The number of carbonyl (C=O) groups excluding carboxylic acids is 1. The van der Waals surface area contributed by atoms with Gasteiger partial charge in [-0.15, -0.1) is 11.8 Å². The molecule has 1 heterocycles. The van der Waals surface area contributed by atoms with Crippen LogP contribution in [0.4, 0.5) is 8.78 Å². The number of carbonyl (C=O) groups is 1. The molecule has 0 spiro atoms. The number of rotatable bonds is 4. The predicted molar refractivity (Wildman–Crippen MR) is 109 cm³/mol. The first kappa shape index (κ1) is 21.4. The number of nitrogens with zero attached hydrogens (tertiary/aromatic N) is 1. The molecule has 5 heteroatoms. The van der Waals surface area contributed by atoms with Gasteiger partial charge in [0.25, 0.3) is 0 Å². The first-order chi connectivity index (χ1) is 13.0. The summed E-state index contributed by atoms with van der Waals surface area (Å²) in [5.74, 6) is 0.684. The lowest BCUT2D eigenvalue weighted by Gasteiger charge is -2.31. The quantitative estimate of drug-likeness (QED) is 0.595. The molecule has 0 saturated carbocycles. The molecule has 1 aliphatic rings. The van der Waals surface area contributed by atoms with Crippen LogP contribution in [-0.2, 0) is 4.79 Å². The molecule has 2 nitrogen and oxygen atoms in total. The number of amides is 1. The average molecular weight is 392 g/mol. The summed E-state index contributed by atoms with van der Waals surface area (Å²) in [6, 6.07) is 11.3. The van der Waals surface area contributed by atoms with Crippen molar-refractivity contribution in [3.05, 3.63) is 54.1 Å². The second-order valence-electron chi connectivity index (χ2n) is 6.44. The zero-order valence-electron chi connectivity index (χ0n) is 16.2. The van der Waals surface area contributed by atoms with E-state index < -0.39 is 11.6 Å². The van der Waals surface area contributed by atoms with Crippen LogP contribution in [0.3, 0.4) is 0 Å². The van der Waals surface area contributed by atoms with Crippen LogP contribution in [0, 0.1) is 17.6 Å². The van der Waals surface area contributed by atoms with E-state index in [1.54, 1.807) is 18.7 Å². The lowest BCUT2D eigenvalue weighted by molar-refractivity contribution is -0.130. The lowest BCUT2D eigenvalue weighted by Crippen LogP contribution is -2.37. The SMILES string of the molecule is CC.CC(=O)N1CCC(CSc2ccc(-c3cc(F)cc(F)c3)cc2)CC1. The zero-order valence-corrected chi connectivity index (χ0v) is 17.0. The highest BCUT2D eigenvalue weighted by Crippen LogP contribution is 2.29. The molecule has 146 valence electrons. The van der Waals surface area contributed by atoms with Crippen molar-refractivity contribution in [2.45, 2.75) is 38.5 Å². The van der Waals surface area contributed by atoms with E-state index in [0.717, 1.165) is 48.2 Å². The van der Waals surface area contributed by atoms with E-state index in [4.69, 9.17) is 0 Å². The van der Waals surface area contributed by atoms with Gasteiger partial charge in [-0.1, -0.05) is 26.0 Å². The Morgan fingerprint density at radius 2 is 1.56 bits per heavy atom. The summed E-state index contributed by atoms with van der Waals surface area (Å²) in [5, 5.41) is 0. The largest absolute Gasteiger partial charge is 0.343 e. The smallest absolute Gasteiger partial charge is 0.219 e. The van der Waals surface area contributed by atoms with Crippen LogP contribution < -0.4 is 0 Å². The van der Waals surface area contributed by atoms with E-state index in [9.17, 15) is 13.6 Å². The van der Waals surface area contributed by atoms with Crippen LogP contribution in [0.15, 0.2) is 47.4 Å². The first-order valence-electron chi connectivity index (χ1n) is 9.46. The fourth-order valence-corrected chi connectivity index (χ4v) is 4.18. The normalized spacial score (nSPS) is 14.5. The van der Waals surface area contributed by atoms with Gasteiger partial charge in [-0.25, -0.2) is 8.78 Å². The van der Waals surface area contributed by atoms with Gasteiger partial charge in [-0.05, 0) is 54.2 Å². The zero-order chi connectivity index (χ0) is 19.8. The minimum absolute atomic E-state index is 0.162.